The highest BCUT2D eigenvalue weighted by Crippen LogP contribution is 2.60. The molecule has 0 unspecified atom stereocenters. The molecule has 3 aliphatic carbocycles. The van der Waals surface area contributed by atoms with Crippen LogP contribution in [-0.2, 0) is 16.2 Å². The normalized spacial score (nSPS) is 15.5. The Hall–Kier alpha value is -6.44. The van der Waals surface area contributed by atoms with E-state index < -0.39 is 5.41 Å². The van der Waals surface area contributed by atoms with Crippen molar-refractivity contribution in [1.82, 2.24) is 0 Å². The van der Waals surface area contributed by atoms with Gasteiger partial charge in [0.2, 0.25) is 0 Å². The van der Waals surface area contributed by atoms with E-state index in [-0.39, 0.29) is 10.8 Å². The molecule has 0 aromatic heterocycles. The van der Waals surface area contributed by atoms with Crippen molar-refractivity contribution in [2.45, 2.75) is 57.8 Å². The number of benzene rings is 8. The fourth-order valence-corrected chi connectivity index (χ4v) is 11.5. The van der Waals surface area contributed by atoms with Crippen molar-refractivity contribution in [2.75, 3.05) is 4.90 Å². The maximum Gasteiger partial charge on any atom is 0.0714 e. The second-order valence-corrected chi connectivity index (χ2v) is 17.8. The molecular formula is C57H47N. The van der Waals surface area contributed by atoms with E-state index in [2.05, 4.69) is 222 Å². The van der Waals surface area contributed by atoms with Crippen LogP contribution in [0.3, 0.4) is 0 Å². The number of fused-ring (bicyclic) bond motifs is 9. The van der Waals surface area contributed by atoms with Gasteiger partial charge < -0.3 is 4.90 Å². The third-order valence-corrected chi connectivity index (χ3v) is 13.9. The molecule has 3 aliphatic rings. The summed E-state index contributed by atoms with van der Waals surface area (Å²) in [6.45, 7) is 14.1. The van der Waals surface area contributed by atoms with E-state index in [0.29, 0.717) is 0 Å². The maximum atomic E-state index is 2.57. The summed E-state index contributed by atoms with van der Waals surface area (Å²) in [5, 5.41) is 0. The van der Waals surface area contributed by atoms with Gasteiger partial charge in [-0.3, -0.25) is 0 Å². The summed E-state index contributed by atoms with van der Waals surface area (Å²) in [6, 6.07) is 66.6. The number of aryl methyl sites for hydroxylation is 2. The van der Waals surface area contributed by atoms with E-state index in [1.165, 1.54) is 100 Å². The Labute approximate surface area is 343 Å². The van der Waals surface area contributed by atoms with Crippen molar-refractivity contribution in [3.8, 4) is 33.4 Å². The number of rotatable bonds is 5. The summed E-state index contributed by atoms with van der Waals surface area (Å²) in [5.41, 5.74) is 24.1. The monoisotopic (exact) mass is 745 g/mol. The fraction of sp³-hybridized carbons (Fsp3) is 0.158. The quantitative estimate of drug-likeness (QED) is 0.170. The fourth-order valence-electron chi connectivity index (χ4n) is 11.5. The van der Waals surface area contributed by atoms with Gasteiger partial charge in [-0.1, -0.05) is 179 Å². The Morgan fingerprint density at radius 2 is 0.897 bits per heavy atom. The summed E-state index contributed by atoms with van der Waals surface area (Å²) < 4.78 is 0. The zero-order valence-corrected chi connectivity index (χ0v) is 34.2. The molecule has 1 heteroatoms. The number of anilines is 3. The van der Waals surface area contributed by atoms with Crippen molar-refractivity contribution in [3.63, 3.8) is 0 Å². The van der Waals surface area contributed by atoms with E-state index in [1.807, 2.05) is 0 Å². The molecule has 8 aromatic rings. The Kier molecular flexibility index (Phi) is 7.36. The molecule has 0 fully saturated rings. The topological polar surface area (TPSA) is 3.24 Å². The highest BCUT2D eigenvalue weighted by atomic mass is 15.1. The van der Waals surface area contributed by atoms with E-state index in [0.717, 1.165) is 5.69 Å². The standard InChI is InChI=1S/C57H47N/c1-36-32-37(2)54-46(33-36)53-49(56(54,5)6)26-17-27-52(53)58(40-28-30-44-42-22-13-15-24-47(42)55(3,4)50(44)34-40)41-29-31-45-43-23-14-16-25-48(43)57(51(45)35-41,38-18-9-7-10-19-38)39-20-11-8-12-21-39/h7-35H,1-6H3. The second-order valence-electron chi connectivity index (χ2n) is 17.8. The first-order chi connectivity index (χ1) is 28.1. The molecule has 0 saturated heterocycles. The van der Waals surface area contributed by atoms with E-state index >= 15 is 0 Å². The van der Waals surface area contributed by atoms with Gasteiger partial charge in [-0.05, 0) is 122 Å². The SMILES string of the molecule is Cc1cc(C)c2c(c1)-c1c(N(c3ccc4c(c3)C(C)(C)c3ccccc3-4)c3ccc4c(c3)C(c3ccccc3)(c3ccccc3)c3ccccc3-4)cccc1C2(C)C. The van der Waals surface area contributed by atoms with Crippen LogP contribution in [0.4, 0.5) is 17.1 Å². The predicted octanol–water partition coefficient (Wildman–Crippen LogP) is 14.7. The zero-order valence-electron chi connectivity index (χ0n) is 34.2. The lowest BCUT2D eigenvalue weighted by Gasteiger charge is -2.35. The molecule has 58 heavy (non-hydrogen) atoms. The van der Waals surface area contributed by atoms with Crippen molar-refractivity contribution in [3.05, 3.63) is 232 Å². The average Bonchev–Trinajstić information content (AvgIpc) is 3.76. The van der Waals surface area contributed by atoms with Crippen LogP contribution in [0.5, 0.6) is 0 Å². The number of hydrogen-bond donors (Lipinski definition) is 0. The molecule has 0 amide bonds. The molecular weight excluding hydrogens is 699 g/mol. The minimum Gasteiger partial charge on any atom is -0.310 e. The van der Waals surface area contributed by atoms with Crippen molar-refractivity contribution in [1.29, 1.82) is 0 Å². The van der Waals surface area contributed by atoms with Crippen molar-refractivity contribution in [2.24, 2.45) is 0 Å². The van der Waals surface area contributed by atoms with Crippen LogP contribution < -0.4 is 4.90 Å². The molecule has 0 N–H and O–H groups in total. The lowest BCUT2D eigenvalue weighted by Crippen LogP contribution is -2.28. The van der Waals surface area contributed by atoms with E-state index in [1.54, 1.807) is 0 Å². The largest absolute Gasteiger partial charge is 0.310 e. The van der Waals surface area contributed by atoms with Crippen LogP contribution in [0.1, 0.15) is 83.3 Å². The minimum absolute atomic E-state index is 0.135. The average molecular weight is 746 g/mol. The molecule has 0 saturated carbocycles. The molecule has 0 heterocycles. The Morgan fingerprint density at radius 1 is 0.379 bits per heavy atom. The van der Waals surface area contributed by atoms with Gasteiger partial charge in [0.15, 0.2) is 0 Å². The molecule has 0 bridgehead atoms. The molecule has 280 valence electrons. The van der Waals surface area contributed by atoms with Gasteiger partial charge in [-0.2, -0.15) is 0 Å². The van der Waals surface area contributed by atoms with E-state index in [4.69, 9.17) is 0 Å². The number of hydrogen-bond acceptors (Lipinski definition) is 1. The number of nitrogens with zero attached hydrogens (tertiary/aromatic N) is 1. The first kappa shape index (κ1) is 34.8. The van der Waals surface area contributed by atoms with Crippen LogP contribution in [0.25, 0.3) is 33.4 Å². The van der Waals surface area contributed by atoms with Crippen molar-refractivity contribution < 1.29 is 0 Å². The maximum absolute atomic E-state index is 2.57. The summed E-state index contributed by atoms with van der Waals surface area (Å²) >= 11 is 0. The molecule has 0 spiro atoms. The highest BCUT2D eigenvalue weighted by molar-refractivity contribution is 5.98. The first-order valence-electron chi connectivity index (χ1n) is 20.8. The Morgan fingerprint density at radius 3 is 1.55 bits per heavy atom. The Balaban J connectivity index is 1.22. The van der Waals surface area contributed by atoms with Crippen LogP contribution >= 0.6 is 0 Å². The highest BCUT2D eigenvalue weighted by Gasteiger charge is 2.47. The van der Waals surface area contributed by atoms with Crippen LogP contribution in [0, 0.1) is 13.8 Å². The summed E-state index contributed by atoms with van der Waals surface area (Å²) in [4.78, 5) is 2.57. The molecule has 0 radical (unpaired) electrons. The van der Waals surface area contributed by atoms with Gasteiger partial charge in [-0.25, -0.2) is 0 Å². The predicted molar refractivity (Wildman–Crippen MR) is 243 cm³/mol. The minimum atomic E-state index is -0.501. The van der Waals surface area contributed by atoms with Gasteiger partial charge >= 0.3 is 0 Å². The van der Waals surface area contributed by atoms with Crippen LogP contribution in [0.2, 0.25) is 0 Å². The van der Waals surface area contributed by atoms with E-state index in [9.17, 15) is 0 Å². The lowest BCUT2D eigenvalue weighted by molar-refractivity contribution is 0.655. The zero-order chi connectivity index (χ0) is 39.6. The second kappa shape index (κ2) is 12.3. The Bertz CT molecular complexity index is 2930. The van der Waals surface area contributed by atoms with Crippen LogP contribution in [0.15, 0.2) is 176 Å². The molecule has 8 aromatic carbocycles. The third kappa shape index (κ3) is 4.59. The van der Waals surface area contributed by atoms with Crippen LogP contribution in [-0.4, -0.2) is 0 Å². The van der Waals surface area contributed by atoms with Gasteiger partial charge in [-0.15, -0.1) is 0 Å². The third-order valence-electron chi connectivity index (χ3n) is 13.9. The van der Waals surface area contributed by atoms with Gasteiger partial charge in [0.05, 0.1) is 11.1 Å². The summed E-state index contributed by atoms with van der Waals surface area (Å²) in [5.74, 6) is 0. The summed E-state index contributed by atoms with van der Waals surface area (Å²) in [7, 11) is 0. The molecule has 0 atom stereocenters. The van der Waals surface area contributed by atoms with Gasteiger partial charge in [0, 0.05) is 27.8 Å². The summed E-state index contributed by atoms with van der Waals surface area (Å²) in [6.07, 6.45) is 0. The van der Waals surface area contributed by atoms with Gasteiger partial charge in [0.1, 0.15) is 0 Å². The smallest absolute Gasteiger partial charge is 0.0714 e. The molecule has 11 rings (SSSR count). The van der Waals surface area contributed by atoms with Gasteiger partial charge in [0.25, 0.3) is 0 Å². The molecule has 1 nitrogen and oxygen atoms in total. The first-order valence-corrected chi connectivity index (χ1v) is 20.8. The lowest BCUT2D eigenvalue weighted by atomic mass is 9.67. The molecule has 0 aliphatic heterocycles. The van der Waals surface area contributed by atoms with Crippen molar-refractivity contribution >= 4 is 17.1 Å².